The molecule has 5 nitrogen and oxygen atoms in total. The quantitative estimate of drug-likeness (QED) is 0.672. The van der Waals surface area contributed by atoms with Crippen molar-refractivity contribution >= 4 is 23.7 Å². The van der Waals surface area contributed by atoms with E-state index >= 15 is 0 Å². The molecule has 0 aromatic carbocycles. The van der Waals surface area contributed by atoms with Crippen LogP contribution in [0, 0.1) is 17.8 Å². The molecule has 0 N–H and O–H groups in total. The van der Waals surface area contributed by atoms with Crippen molar-refractivity contribution in [2.45, 2.75) is 50.5 Å². The number of hydrogen-bond donors (Lipinski definition) is 0. The third kappa shape index (κ3) is 4.33. The van der Waals surface area contributed by atoms with Crippen molar-refractivity contribution in [3.63, 3.8) is 0 Å². The summed E-state index contributed by atoms with van der Waals surface area (Å²) in [4.78, 5) is 26.3. The Morgan fingerprint density at radius 2 is 1.56 bits per heavy atom. The number of ether oxygens (including phenoxy) is 2. The molecule has 0 atom stereocenters. The minimum absolute atomic E-state index is 0.145. The molecule has 1 heterocycles. The number of esters is 2. The van der Waals surface area contributed by atoms with Gasteiger partial charge in [-0.2, -0.15) is 11.8 Å². The molecular weight excluding hydrogens is 338 g/mol. The number of carbonyl (C=O) groups is 2. The Bertz CT molecular complexity index is 482. The zero-order chi connectivity index (χ0) is 17.3. The second-order valence-electron chi connectivity index (χ2n) is 8.43. The molecule has 25 heavy (non-hydrogen) atoms. The molecule has 4 aliphatic carbocycles. The molecule has 1 saturated heterocycles. The molecular formula is C19H29NO4S. The lowest BCUT2D eigenvalue weighted by Crippen LogP contribution is -2.52. The predicted molar refractivity (Wildman–Crippen MR) is 96.3 cm³/mol. The predicted octanol–water partition coefficient (Wildman–Crippen LogP) is 2.48. The highest BCUT2D eigenvalue weighted by molar-refractivity contribution is 7.99. The Labute approximate surface area is 154 Å². The van der Waals surface area contributed by atoms with E-state index in [1.807, 2.05) is 11.8 Å². The Balaban J connectivity index is 1.17. The van der Waals surface area contributed by atoms with E-state index in [1.165, 1.54) is 19.3 Å². The summed E-state index contributed by atoms with van der Waals surface area (Å²) in [5.41, 5.74) is -0.193. The van der Waals surface area contributed by atoms with Crippen LogP contribution >= 0.6 is 11.8 Å². The largest absolute Gasteiger partial charge is 0.464 e. The van der Waals surface area contributed by atoms with Crippen molar-refractivity contribution < 1.29 is 19.1 Å². The third-order valence-corrected chi connectivity index (χ3v) is 7.28. The number of hydrogen-bond acceptors (Lipinski definition) is 6. The molecule has 6 heteroatoms. The van der Waals surface area contributed by atoms with Crippen LogP contribution in [0.1, 0.15) is 44.9 Å². The molecule has 0 spiro atoms. The highest BCUT2D eigenvalue weighted by atomic mass is 32.2. The second-order valence-corrected chi connectivity index (χ2v) is 9.66. The topological polar surface area (TPSA) is 55.8 Å². The van der Waals surface area contributed by atoms with Crippen LogP contribution in [0.2, 0.25) is 0 Å². The summed E-state index contributed by atoms with van der Waals surface area (Å²) in [5, 5.41) is 0. The monoisotopic (exact) mass is 367 g/mol. The van der Waals surface area contributed by atoms with Gasteiger partial charge in [0.2, 0.25) is 0 Å². The second kappa shape index (κ2) is 7.47. The average molecular weight is 368 g/mol. The van der Waals surface area contributed by atoms with Gasteiger partial charge in [-0.05, 0) is 56.3 Å². The molecule has 0 aromatic rings. The lowest BCUT2D eigenvalue weighted by molar-refractivity contribution is -0.187. The Morgan fingerprint density at radius 1 is 0.960 bits per heavy atom. The van der Waals surface area contributed by atoms with E-state index in [2.05, 4.69) is 4.90 Å². The summed E-state index contributed by atoms with van der Waals surface area (Å²) >= 11 is 1.92. The van der Waals surface area contributed by atoms with Crippen molar-refractivity contribution in [1.29, 1.82) is 0 Å². The highest BCUT2D eigenvalue weighted by Gasteiger charge is 2.53. The molecule has 0 unspecified atom stereocenters. The number of rotatable bonds is 6. The Hall–Kier alpha value is -0.750. The first kappa shape index (κ1) is 17.7. The van der Waals surface area contributed by atoms with Gasteiger partial charge in [0.25, 0.3) is 0 Å². The fraction of sp³-hybridized carbons (Fsp3) is 0.895. The number of nitrogens with zero attached hydrogens (tertiary/aromatic N) is 1. The number of carbonyl (C=O) groups excluding carboxylic acids is 2. The summed E-state index contributed by atoms with van der Waals surface area (Å²) in [5.74, 6) is 4.02. The fourth-order valence-electron chi connectivity index (χ4n) is 5.68. The van der Waals surface area contributed by atoms with Gasteiger partial charge < -0.3 is 9.47 Å². The van der Waals surface area contributed by atoms with E-state index in [0.29, 0.717) is 6.54 Å². The van der Waals surface area contributed by atoms with E-state index in [0.717, 1.165) is 61.6 Å². The van der Waals surface area contributed by atoms with Crippen molar-refractivity contribution in [2.24, 2.45) is 17.8 Å². The van der Waals surface area contributed by atoms with Crippen LogP contribution in [0.25, 0.3) is 0 Å². The van der Waals surface area contributed by atoms with Crippen molar-refractivity contribution in [3.05, 3.63) is 0 Å². The van der Waals surface area contributed by atoms with Gasteiger partial charge in [-0.3, -0.25) is 14.5 Å². The highest BCUT2D eigenvalue weighted by Crippen LogP contribution is 2.57. The summed E-state index contributed by atoms with van der Waals surface area (Å²) in [7, 11) is 0. The van der Waals surface area contributed by atoms with Gasteiger partial charge >= 0.3 is 11.9 Å². The summed E-state index contributed by atoms with van der Waals surface area (Å²) < 4.78 is 11.2. The van der Waals surface area contributed by atoms with Crippen LogP contribution in [-0.4, -0.2) is 60.2 Å². The van der Waals surface area contributed by atoms with Crippen molar-refractivity contribution in [2.75, 3.05) is 37.7 Å². The maximum Gasteiger partial charge on any atom is 0.320 e. The lowest BCUT2D eigenvalue weighted by atomic mass is 9.54. The summed E-state index contributed by atoms with van der Waals surface area (Å²) in [6.45, 7) is 2.36. The first-order chi connectivity index (χ1) is 12.1. The van der Waals surface area contributed by atoms with Gasteiger partial charge in [0.15, 0.2) is 0 Å². The molecule has 5 aliphatic rings. The van der Waals surface area contributed by atoms with E-state index < -0.39 is 0 Å². The molecule has 5 rings (SSSR count). The fourth-order valence-corrected chi connectivity index (χ4v) is 6.66. The molecule has 140 valence electrons. The first-order valence-electron chi connectivity index (χ1n) is 9.78. The zero-order valence-corrected chi connectivity index (χ0v) is 15.7. The maximum absolute atomic E-state index is 12.3. The lowest BCUT2D eigenvalue weighted by Gasteiger charge is -2.55. The standard InChI is InChI=1S/C19H29NO4S/c21-17(1-4-23-18(22)13-20-2-5-25-6-3-20)24-19-10-14-7-15(11-19)9-16(8-14)12-19/h14-16H,1-13H2. The molecule has 5 fully saturated rings. The molecule has 4 bridgehead atoms. The van der Waals surface area contributed by atoms with E-state index in [-0.39, 0.29) is 30.6 Å². The van der Waals surface area contributed by atoms with E-state index in [9.17, 15) is 9.59 Å². The summed E-state index contributed by atoms with van der Waals surface area (Å²) in [6.07, 6.45) is 7.35. The van der Waals surface area contributed by atoms with Gasteiger partial charge in [-0.15, -0.1) is 0 Å². The minimum Gasteiger partial charge on any atom is -0.464 e. The van der Waals surface area contributed by atoms with Crippen molar-refractivity contribution in [1.82, 2.24) is 4.90 Å². The summed E-state index contributed by atoms with van der Waals surface area (Å²) in [6, 6.07) is 0. The van der Waals surface area contributed by atoms with Gasteiger partial charge in [0, 0.05) is 24.6 Å². The SMILES string of the molecule is O=C(CN1CCSCC1)OCCC(=O)OC12CC3CC(CC(C3)C1)C2. The van der Waals surface area contributed by atoms with E-state index in [1.54, 1.807) is 0 Å². The van der Waals surface area contributed by atoms with Crippen LogP contribution in [-0.2, 0) is 19.1 Å². The van der Waals surface area contributed by atoms with Gasteiger partial charge in [0.1, 0.15) is 12.2 Å². The van der Waals surface area contributed by atoms with Crippen LogP contribution in [0.4, 0.5) is 0 Å². The van der Waals surface area contributed by atoms with Gasteiger partial charge in [0.05, 0.1) is 13.0 Å². The molecule has 1 aliphatic heterocycles. The average Bonchev–Trinajstić information content (AvgIpc) is 2.53. The van der Waals surface area contributed by atoms with E-state index in [4.69, 9.17) is 9.47 Å². The first-order valence-corrected chi connectivity index (χ1v) is 10.9. The van der Waals surface area contributed by atoms with Crippen LogP contribution in [0.3, 0.4) is 0 Å². The zero-order valence-electron chi connectivity index (χ0n) is 14.9. The molecule has 0 radical (unpaired) electrons. The molecule has 4 saturated carbocycles. The number of thioether (sulfide) groups is 1. The maximum atomic E-state index is 12.3. The third-order valence-electron chi connectivity index (χ3n) is 6.34. The van der Waals surface area contributed by atoms with Crippen LogP contribution in [0.5, 0.6) is 0 Å². The van der Waals surface area contributed by atoms with Gasteiger partial charge in [-0.1, -0.05) is 0 Å². The Morgan fingerprint density at radius 3 is 2.16 bits per heavy atom. The normalized spacial score (nSPS) is 37.0. The Kier molecular flexibility index (Phi) is 5.28. The van der Waals surface area contributed by atoms with Crippen LogP contribution in [0.15, 0.2) is 0 Å². The molecule has 0 aromatic heterocycles. The molecule has 0 amide bonds. The van der Waals surface area contributed by atoms with Crippen LogP contribution < -0.4 is 0 Å². The minimum atomic E-state index is -0.227. The van der Waals surface area contributed by atoms with Gasteiger partial charge in [-0.25, -0.2) is 0 Å². The van der Waals surface area contributed by atoms with Crippen molar-refractivity contribution in [3.8, 4) is 0 Å². The smallest absolute Gasteiger partial charge is 0.320 e.